The molecule has 0 radical (unpaired) electrons. The Morgan fingerprint density at radius 3 is 2.14 bits per heavy atom. The molecule has 21 heavy (non-hydrogen) atoms. The molecule has 0 aliphatic carbocycles. The van der Waals surface area contributed by atoms with E-state index in [9.17, 15) is 4.79 Å². The second-order valence-electron chi connectivity index (χ2n) is 5.86. The van der Waals surface area contributed by atoms with E-state index in [1.807, 2.05) is 17.9 Å². The van der Waals surface area contributed by atoms with Crippen LogP contribution in [0.2, 0.25) is 0 Å². The molecule has 4 heteroatoms. The van der Waals surface area contributed by atoms with Crippen LogP contribution in [0.3, 0.4) is 0 Å². The maximum atomic E-state index is 12.9. The van der Waals surface area contributed by atoms with E-state index in [1.165, 1.54) is 6.42 Å². The fourth-order valence-electron chi connectivity index (χ4n) is 3.17. The summed E-state index contributed by atoms with van der Waals surface area (Å²) in [5, 5.41) is 0. The van der Waals surface area contributed by atoms with E-state index in [1.54, 1.807) is 20.3 Å². The zero-order chi connectivity index (χ0) is 15.6. The minimum Gasteiger partial charge on any atom is -0.493 e. The van der Waals surface area contributed by atoms with Crippen LogP contribution in [0.25, 0.3) is 0 Å². The van der Waals surface area contributed by atoms with E-state index >= 15 is 0 Å². The zero-order valence-electron chi connectivity index (χ0n) is 13.6. The lowest BCUT2D eigenvalue weighted by atomic mass is 9.95. The van der Waals surface area contributed by atoms with Crippen LogP contribution in [0.15, 0.2) is 12.1 Å². The number of nitrogens with zero attached hydrogens (tertiary/aromatic N) is 1. The molecule has 1 aliphatic heterocycles. The maximum Gasteiger partial charge on any atom is 0.254 e. The van der Waals surface area contributed by atoms with Crippen molar-refractivity contribution in [1.29, 1.82) is 0 Å². The third-order valence-electron chi connectivity index (χ3n) is 4.39. The highest BCUT2D eigenvalue weighted by molar-refractivity contribution is 5.97. The molecule has 1 amide bonds. The average Bonchev–Trinajstić information content (AvgIpc) is 2.46. The number of carbonyl (C=O) groups excluding carboxylic acids is 1. The summed E-state index contributed by atoms with van der Waals surface area (Å²) in [7, 11) is 3.20. The summed E-state index contributed by atoms with van der Waals surface area (Å²) in [6.07, 6.45) is 3.34. The van der Waals surface area contributed by atoms with Gasteiger partial charge in [-0.1, -0.05) is 0 Å². The average molecular weight is 291 g/mol. The molecule has 0 spiro atoms. The molecule has 1 fully saturated rings. The van der Waals surface area contributed by atoms with E-state index in [0.717, 1.165) is 18.4 Å². The second kappa shape index (κ2) is 6.37. The summed E-state index contributed by atoms with van der Waals surface area (Å²) >= 11 is 0. The highest BCUT2D eigenvalue weighted by Crippen LogP contribution is 2.32. The number of amides is 1. The summed E-state index contributed by atoms with van der Waals surface area (Å²) in [6.45, 7) is 6.20. The van der Waals surface area contributed by atoms with Crippen molar-refractivity contribution in [2.75, 3.05) is 14.2 Å². The fraction of sp³-hybridized carbons (Fsp3) is 0.588. The molecule has 116 valence electrons. The number of aryl methyl sites for hydroxylation is 1. The predicted octanol–water partition coefficient (Wildman–Crippen LogP) is 3.42. The molecule has 0 aromatic heterocycles. The Balaban J connectivity index is 2.38. The number of ether oxygens (including phenoxy) is 2. The first-order valence-electron chi connectivity index (χ1n) is 7.54. The first-order valence-corrected chi connectivity index (χ1v) is 7.54. The monoisotopic (exact) mass is 291 g/mol. The molecule has 1 heterocycles. The highest BCUT2D eigenvalue weighted by atomic mass is 16.5. The van der Waals surface area contributed by atoms with Crippen molar-refractivity contribution in [3.63, 3.8) is 0 Å². The van der Waals surface area contributed by atoms with Crippen LogP contribution in [-0.4, -0.2) is 37.1 Å². The van der Waals surface area contributed by atoms with Crippen molar-refractivity contribution in [2.24, 2.45) is 0 Å². The first kappa shape index (κ1) is 15.7. The van der Waals surface area contributed by atoms with E-state index < -0.39 is 0 Å². The highest BCUT2D eigenvalue weighted by Gasteiger charge is 2.30. The van der Waals surface area contributed by atoms with Gasteiger partial charge in [-0.05, 0) is 57.7 Å². The third kappa shape index (κ3) is 2.99. The van der Waals surface area contributed by atoms with E-state index in [4.69, 9.17) is 9.47 Å². The summed E-state index contributed by atoms with van der Waals surface area (Å²) in [5.74, 6) is 1.35. The van der Waals surface area contributed by atoms with Crippen LogP contribution in [0.5, 0.6) is 11.5 Å². The molecular weight excluding hydrogens is 266 g/mol. The van der Waals surface area contributed by atoms with Crippen LogP contribution in [0.4, 0.5) is 0 Å². The van der Waals surface area contributed by atoms with Gasteiger partial charge in [-0.25, -0.2) is 0 Å². The second-order valence-corrected chi connectivity index (χ2v) is 5.86. The van der Waals surface area contributed by atoms with Gasteiger partial charge in [0, 0.05) is 17.6 Å². The number of likely N-dealkylation sites (tertiary alicyclic amines) is 1. The van der Waals surface area contributed by atoms with Crippen molar-refractivity contribution < 1.29 is 14.3 Å². The van der Waals surface area contributed by atoms with Crippen LogP contribution in [0.1, 0.15) is 49.0 Å². The Hall–Kier alpha value is -1.71. The summed E-state index contributed by atoms with van der Waals surface area (Å²) < 4.78 is 10.6. The van der Waals surface area contributed by atoms with Crippen molar-refractivity contribution >= 4 is 5.91 Å². The Morgan fingerprint density at radius 2 is 1.62 bits per heavy atom. The maximum absolute atomic E-state index is 12.9. The van der Waals surface area contributed by atoms with Crippen molar-refractivity contribution in [3.05, 3.63) is 23.3 Å². The number of benzene rings is 1. The van der Waals surface area contributed by atoms with Gasteiger partial charge < -0.3 is 14.4 Å². The van der Waals surface area contributed by atoms with Crippen molar-refractivity contribution in [3.8, 4) is 11.5 Å². The Labute approximate surface area is 127 Å². The van der Waals surface area contributed by atoms with Gasteiger partial charge in [-0.15, -0.1) is 0 Å². The lowest BCUT2D eigenvalue weighted by molar-refractivity contribution is 0.0509. The molecule has 1 aromatic carbocycles. The Kier molecular flexibility index (Phi) is 4.76. The molecule has 0 saturated carbocycles. The third-order valence-corrected chi connectivity index (χ3v) is 4.39. The first-order chi connectivity index (χ1) is 9.99. The number of piperidine rings is 1. The number of methoxy groups -OCH3 is 2. The van der Waals surface area contributed by atoms with E-state index in [0.29, 0.717) is 17.1 Å². The standard InChI is InChI=1S/C17H25NO3/c1-11-9-15(20-4)16(21-5)10-14(11)17(19)18-12(2)7-6-8-13(18)3/h9-10,12-13H,6-8H2,1-5H3. The largest absolute Gasteiger partial charge is 0.493 e. The minimum absolute atomic E-state index is 0.0909. The number of hydrogen-bond acceptors (Lipinski definition) is 3. The van der Waals surface area contributed by atoms with Gasteiger partial charge in [-0.2, -0.15) is 0 Å². The van der Waals surface area contributed by atoms with Gasteiger partial charge in [0.05, 0.1) is 14.2 Å². The van der Waals surface area contributed by atoms with E-state index in [-0.39, 0.29) is 18.0 Å². The molecule has 2 unspecified atom stereocenters. The van der Waals surface area contributed by atoms with Crippen molar-refractivity contribution in [1.82, 2.24) is 4.90 Å². The van der Waals surface area contributed by atoms with Gasteiger partial charge in [-0.3, -0.25) is 4.79 Å². The Morgan fingerprint density at radius 1 is 1.10 bits per heavy atom. The zero-order valence-corrected chi connectivity index (χ0v) is 13.6. The molecule has 4 nitrogen and oxygen atoms in total. The summed E-state index contributed by atoms with van der Waals surface area (Å²) in [6, 6.07) is 4.23. The molecular formula is C17H25NO3. The fourth-order valence-corrected chi connectivity index (χ4v) is 3.17. The van der Waals surface area contributed by atoms with Gasteiger partial charge in [0.15, 0.2) is 11.5 Å². The lowest BCUT2D eigenvalue weighted by Crippen LogP contribution is -2.47. The molecule has 1 aromatic rings. The quantitative estimate of drug-likeness (QED) is 0.856. The van der Waals surface area contributed by atoms with Crippen LogP contribution in [-0.2, 0) is 0 Å². The topological polar surface area (TPSA) is 38.8 Å². The molecule has 2 rings (SSSR count). The van der Waals surface area contributed by atoms with Crippen LogP contribution in [0, 0.1) is 6.92 Å². The molecule has 0 bridgehead atoms. The normalized spacial score (nSPS) is 22.0. The van der Waals surface area contributed by atoms with Crippen molar-refractivity contribution in [2.45, 2.75) is 52.1 Å². The number of rotatable bonds is 3. The SMILES string of the molecule is COc1cc(C)c(C(=O)N2C(C)CCCC2C)cc1OC. The van der Waals surface area contributed by atoms with E-state index in [2.05, 4.69) is 13.8 Å². The lowest BCUT2D eigenvalue weighted by Gasteiger charge is -2.39. The van der Waals surface area contributed by atoms with Gasteiger partial charge >= 0.3 is 0 Å². The molecule has 0 N–H and O–H groups in total. The molecule has 1 aliphatic rings. The van der Waals surface area contributed by atoms with Gasteiger partial charge in [0.25, 0.3) is 5.91 Å². The molecule has 2 atom stereocenters. The number of carbonyl (C=O) groups is 1. The van der Waals surface area contributed by atoms with Gasteiger partial charge in [0.1, 0.15) is 0 Å². The summed E-state index contributed by atoms with van der Waals surface area (Å²) in [5.41, 5.74) is 1.62. The minimum atomic E-state index is 0.0909. The Bertz CT molecular complexity index is 517. The smallest absolute Gasteiger partial charge is 0.254 e. The number of hydrogen-bond donors (Lipinski definition) is 0. The van der Waals surface area contributed by atoms with Crippen LogP contribution < -0.4 is 9.47 Å². The van der Waals surface area contributed by atoms with Gasteiger partial charge in [0.2, 0.25) is 0 Å². The summed E-state index contributed by atoms with van der Waals surface area (Å²) in [4.78, 5) is 15.0. The molecule has 1 saturated heterocycles. The predicted molar refractivity (Wildman–Crippen MR) is 83.2 cm³/mol. The van der Waals surface area contributed by atoms with Crippen LogP contribution >= 0.6 is 0 Å².